The summed E-state index contributed by atoms with van der Waals surface area (Å²) >= 11 is 0. The first-order valence-corrected chi connectivity index (χ1v) is 4.17. The number of allylic oxidation sites excluding steroid dienone is 3. The molecule has 1 atom stereocenters. The van der Waals surface area contributed by atoms with Gasteiger partial charge in [0, 0.05) is 25.7 Å². The fraction of sp³-hybridized carbons (Fsp3) is 0.500. The molecule has 0 aromatic carbocycles. The summed E-state index contributed by atoms with van der Waals surface area (Å²) < 4.78 is 0. The van der Waals surface area contributed by atoms with Crippen LogP contribution >= 0.6 is 0 Å². The summed E-state index contributed by atoms with van der Waals surface area (Å²) in [6, 6.07) is 0. The summed E-state index contributed by atoms with van der Waals surface area (Å²) in [7, 11) is 3.97. The van der Waals surface area contributed by atoms with Crippen molar-refractivity contribution in [1.82, 2.24) is 4.90 Å². The van der Waals surface area contributed by atoms with E-state index < -0.39 is 0 Å². The van der Waals surface area contributed by atoms with Gasteiger partial charge in [-0.2, -0.15) is 0 Å². The van der Waals surface area contributed by atoms with Crippen molar-refractivity contribution in [2.75, 3.05) is 14.1 Å². The predicted molar refractivity (Wildman–Crippen MR) is 49.7 cm³/mol. The number of carbonyl (C=O) groups is 1. The average Bonchev–Trinajstić information content (AvgIpc) is 2.04. The van der Waals surface area contributed by atoms with Crippen LogP contribution < -0.4 is 0 Å². The van der Waals surface area contributed by atoms with E-state index in [0.717, 1.165) is 12.1 Å². The molecule has 0 bridgehead atoms. The van der Waals surface area contributed by atoms with E-state index in [2.05, 4.69) is 12.2 Å². The van der Waals surface area contributed by atoms with E-state index in [9.17, 15) is 4.79 Å². The number of nitrogens with zero attached hydrogens (tertiary/aromatic N) is 1. The van der Waals surface area contributed by atoms with Crippen LogP contribution in [-0.2, 0) is 4.79 Å². The SMILES string of the molecule is CC(=O)C1C=C(N(C)C)C=CC1. The van der Waals surface area contributed by atoms with Gasteiger partial charge < -0.3 is 4.90 Å². The van der Waals surface area contributed by atoms with Gasteiger partial charge in [0.15, 0.2) is 0 Å². The molecular weight excluding hydrogens is 150 g/mol. The Bertz CT molecular complexity index is 238. The number of carbonyl (C=O) groups excluding carboxylic acids is 1. The molecule has 0 N–H and O–H groups in total. The van der Waals surface area contributed by atoms with Gasteiger partial charge >= 0.3 is 0 Å². The van der Waals surface area contributed by atoms with Gasteiger partial charge in [0.2, 0.25) is 0 Å². The molecule has 2 nitrogen and oxygen atoms in total. The van der Waals surface area contributed by atoms with Crippen molar-refractivity contribution >= 4 is 5.78 Å². The summed E-state index contributed by atoms with van der Waals surface area (Å²) in [4.78, 5) is 13.1. The van der Waals surface area contributed by atoms with Gasteiger partial charge in [-0.3, -0.25) is 4.79 Å². The molecule has 12 heavy (non-hydrogen) atoms. The standard InChI is InChI=1S/C10H15NO/c1-8(12)9-5-4-6-10(7-9)11(2)3/h4,6-7,9H,5H2,1-3H3. The third-order valence-electron chi connectivity index (χ3n) is 2.09. The van der Waals surface area contributed by atoms with Crippen molar-refractivity contribution < 1.29 is 4.79 Å². The Morgan fingerprint density at radius 1 is 1.58 bits per heavy atom. The molecule has 66 valence electrons. The van der Waals surface area contributed by atoms with Crippen molar-refractivity contribution in [2.45, 2.75) is 13.3 Å². The molecule has 1 unspecified atom stereocenters. The highest BCUT2D eigenvalue weighted by Gasteiger charge is 2.13. The largest absolute Gasteiger partial charge is 0.378 e. The van der Waals surface area contributed by atoms with Gasteiger partial charge in [-0.25, -0.2) is 0 Å². The second-order valence-electron chi connectivity index (χ2n) is 3.34. The number of hydrogen-bond donors (Lipinski definition) is 0. The van der Waals surface area contributed by atoms with Gasteiger partial charge in [-0.05, 0) is 19.4 Å². The second-order valence-corrected chi connectivity index (χ2v) is 3.34. The van der Waals surface area contributed by atoms with Crippen LogP contribution in [0.25, 0.3) is 0 Å². The molecule has 0 fully saturated rings. The van der Waals surface area contributed by atoms with Crippen LogP contribution in [0.2, 0.25) is 0 Å². The zero-order valence-electron chi connectivity index (χ0n) is 7.87. The van der Waals surface area contributed by atoms with E-state index in [1.807, 2.05) is 25.1 Å². The summed E-state index contributed by atoms with van der Waals surface area (Å²) in [5.74, 6) is 0.339. The lowest BCUT2D eigenvalue weighted by Gasteiger charge is -2.19. The van der Waals surface area contributed by atoms with Gasteiger partial charge in [0.05, 0.1) is 0 Å². The number of Topliss-reactive ketones (excluding diaryl/α,β-unsaturated/α-hetero) is 1. The molecular formula is C10H15NO. The highest BCUT2D eigenvalue weighted by Crippen LogP contribution is 2.18. The Labute approximate surface area is 73.6 Å². The van der Waals surface area contributed by atoms with Gasteiger partial charge in [-0.15, -0.1) is 0 Å². The molecule has 0 amide bonds. The maximum absolute atomic E-state index is 11.1. The molecule has 2 heteroatoms. The average molecular weight is 165 g/mol. The number of hydrogen-bond acceptors (Lipinski definition) is 2. The topological polar surface area (TPSA) is 20.3 Å². The van der Waals surface area contributed by atoms with Crippen LogP contribution in [0.3, 0.4) is 0 Å². The zero-order chi connectivity index (χ0) is 9.14. The van der Waals surface area contributed by atoms with E-state index in [-0.39, 0.29) is 11.7 Å². The van der Waals surface area contributed by atoms with Crippen molar-refractivity contribution in [3.8, 4) is 0 Å². The van der Waals surface area contributed by atoms with Crippen LogP contribution in [0.15, 0.2) is 23.9 Å². The van der Waals surface area contributed by atoms with Crippen molar-refractivity contribution in [3.63, 3.8) is 0 Å². The zero-order valence-corrected chi connectivity index (χ0v) is 7.87. The summed E-state index contributed by atoms with van der Waals surface area (Å²) in [5, 5.41) is 0. The van der Waals surface area contributed by atoms with E-state index >= 15 is 0 Å². The van der Waals surface area contributed by atoms with Crippen LogP contribution in [0.5, 0.6) is 0 Å². The third kappa shape index (κ3) is 1.97. The molecule has 0 heterocycles. The fourth-order valence-corrected chi connectivity index (χ4v) is 1.25. The van der Waals surface area contributed by atoms with Crippen molar-refractivity contribution in [1.29, 1.82) is 0 Å². The minimum absolute atomic E-state index is 0.0902. The molecule has 0 aliphatic heterocycles. The van der Waals surface area contributed by atoms with E-state index in [4.69, 9.17) is 0 Å². The van der Waals surface area contributed by atoms with Crippen LogP contribution in [0.4, 0.5) is 0 Å². The summed E-state index contributed by atoms with van der Waals surface area (Å²) in [5.41, 5.74) is 1.13. The lowest BCUT2D eigenvalue weighted by atomic mass is 9.95. The Morgan fingerprint density at radius 3 is 2.75 bits per heavy atom. The lowest BCUT2D eigenvalue weighted by Crippen LogP contribution is -2.16. The molecule has 0 saturated heterocycles. The molecule has 1 rings (SSSR count). The summed E-state index contributed by atoms with van der Waals surface area (Å²) in [6.07, 6.45) is 7.00. The smallest absolute Gasteiger partial charge is 0.137 e. The Morgan fingerprint density at radius 2 is 2.25 bits per heavy atom. The number of rotatable bonds is 2. The van der Waals surface area contributed by atoms with E-state index in [1.165, 1.54) is 0 Å². The Balaban J connectivity index is 2.75. The van der Waals surface area contributed by atoms with Crippen LogP contribution in [0, 0.1) is 5.92 Å². The van der Waals surface area contributed by atoms with Gasteiger partial charge in [-0.1, -0.05) is 12.2 Å². The highest BCUT2D eigenvalue weighted by molar-refractivity contribution is 5.80. The normalized spacial score (nSPS) is 21.9. The molecule has 1 aliphatic carbocycles. The molecule has 0 radical (unpaired) electrons. The van der Waals surface area contributed by atoms with Crippen molar-refractivity contribution in [2.24, 2.45) is 5.92 Å². The minimum atomic E-state index is 0.0902. The van der Waals surface area contributed by atoms with Crippen LogP contribution in [-0.4, -0.2) is 24.8 Å². The van der Waals surface area contributed by atoms with Crippen LogP contribution in [0.1, 0.15) is 13.3 Å². The molecule has 0 spiro atoms. The van der Waals surface area contributed by atoms with E-state index in [1.54, 1.807) is 6.92 Å². The Kier molecular flexibility index (Phi) is 2.69. The van der Waals surface area contributed by atoms with E-state index in [0.29, 0.717) is 0 Å². The quantitative estimate of drug-likeness (QED) is 0.619. The van der Waals surface area contributed by atoms with Gasteiger partial charge in [0.25, 0.3) is 0 Å². The third-order valence-corrected chi connectivity index (χ3v) is 2.09. The summed E-state index contributed by atoms with van der Waals surface area (Å²) in [6.45, 7) is 1.65. The molecule has 1 aliphatic rings. The Hall–Kier alpha value is -1.05. The predicted octanol–water partition coefficient (Wildman–Crippen LogP) is 1.60. The second kappa shape index (κ2) is 3.57. The fourth-order valence-electron chi connectivity index (χ4n) is 1.25. The maximum atomic E-state index is 11.1. The maximum Gasteiger partial charge on any atom is 0.137 e. The molecule has 0 aromatic rings. The lowest BCUT2D eigenvalue weighted by molar-refractivity contribution is -0.119. The monoisotopic (exact) mass is 165 g/mol. The molecule has 0 aromatic heterocycles. The first-order chi connectivity index (χ1) is 5.61. The number of likely N-dealkylation sites (N-methyl/N-ethyl adjacent to an activating group) is 1. The number of ketones is 1. The highest BCUT2D eigenvalue weighted by atomic mass is 16.1. The first kappa shape index (κ1) is 9.04. The first-order valence-electron chi connectivity index (χ1n) is 4.17. The minimum Gasteiger partial charge on any atom is -0.378 e. The van der Waals surface area contributed by atoms with Gasteiger partial charge in [0.1, 0.15) is 5.78 Å². The van der Waals surface area contributed by atoms with Crippen molar-refractivity contribution in [3.05, 3.63) is 23.9 Å². The molecule has 0 saturated carbocycles.